The van der Waals surface area contributed by atoms with Gasteiger partial charge in [0, 0.05) is 36.8 Å². The molecule has 1 saturated heterocycles. The Hall–Kier alpha value is -2.11. The number of nitro groups is 1. The molecule has 1 fully saturated rings. The molecule has 17 heavy (non-hydrogen) atoms. The van der Waals surface area contributed by atoms with E-state index in [1.54, 1.807) is 12.1 Å². The molecule has 1 aliphatic heterocycles. The molecule has 6 heteroatoms. The topological polar surface area (TPSA) is 84.3 Å². The number of hydrogen-bond acceptors (Lipinski definition) is 4. The Morgan fingerprint density at radius 1 is 1.53 bits per heavy atom. The molecule has 0 saturated carbocycles. The predicted octanol–water partition coefficient (Wildman–Crippen LogP) is 1.29. The number of benzene rings is 1. The SMILES string of the molecule is O=C1CCC(CNc2cccc([N+](=O)[O-])c2)N1. The van der Waals surface area contributed by atoms with E-state index < -0.39 is 4.92 Å². The van der Waals surface area contributed by atoms with Gasteiger partial charge in [0.1, 0.15) is 0 Å². The number of carbonyl (C=O) groups excluding carboxylic acids is 1. The molecule has 0 spiro atoms. The minimum atomic E-state index is -0.428. The van der Waals surface area contributed by atoms with Gasteiger partial charge >= 0.3 is 0 Å². The molecule has 2 rings (SSSR count). The zero-order valence-corrected chi connectivity index (χ0v) is 9.18. The van der Waals surface area contributed by atoms with Crippen LogP contribution in [0.2, 0.25) is 0 Å². The lowest BCUT2D eigenvalue weighted by atomic mass is 10.2. The average molecular weight is 235 g/mol. The van der Waals surface area contributed by atoms with Gasteiger partial charge in [-0.15, -0.1) is 0 Å². The first-order valence-electron chi connectivity index (χ1n) is 5.43. The molecule has 1 aromatic rings. The zero-order chi connectivity index (χ0) is 12.3. The van der Waals surface area contributed by atoms with Gasteiger partial charge in [0.25, 0.3) is 5.69 Å². The first-order valence-corrected chi connectivity index (χ1v) is 5.43. The third-order valence-electron chi connectivity index (χ3n) is 2.69. The van der Waals surface area contributed by atoms with Crippen molar-refractivity contribution in [3.8, 4) is 0 Å². The van der Waals surface area contributed by atoms with Crippen LogP contribution in [-0.4, -0.2) is 23.4 Å². The summed E-state index contributed by atoms with van der Waals surface area (Å²) in [6.07, 6.45) is 1.36. The van der Waals surface area contributed by atoms with Crippen molar-refractivity contribution in [1.29, 1.82) is 0 Å². The lowest BCUT2D eigenvalue weighted by Crippen LogP contribution is -2.31. The van der Waals surface area contributed by atoms with E-state index in [0.29, 0.717) is 18.7 Å². The van der Waals surface area contributed by atoms with Crippen LogP contribution in [-0.2, 0) is 4.79 Å². The molecular weight excluding hydrogens is 222 g/mol. The van der Waals surface area contributed by atoms with Crippen molar-refractivity contribution in [2.75, 3.05) is 11.9 Å². The second kappa shape index (κ2) is 4.82. The maximum absolute atomic E-state index is 11.0. The third kappa shape index (κ3) is 2.93. The minimum absolute atomic E-state index is 0.0606. The van der Waals surface area contributed by atoms with E-state index in [1.807, 2.05) is 0 Å². The van der Waals surface area contributed by atoms with Gasteiger partial charge in [0.15, 0.2) is 0 Å². The van der Waals surface area contributed by atoms with E-state index in [-0.39, 0.29) is 17.6 Å². The summed E-state index contributed by atoms with van der Waals surface area (Å²) in [7, 11) is 0. The van der Waals surface area contributed by atoms with Crippen molar-refractivity contribution in [2.24, 2.45) is 0 Å². The molecule has 0 bridgehead atoms. The molecule has 1 atom stereocenters. The molecule has 6 nitrogen and oxygen atoms in total. The fourth-order valence-electron chi connectivity index (χ4n) is 1.80. The fourth-order valence-corrected chi connectivity index (χ4v) is 1.80. The summed E-state index contributed by atoms with van der Waals surface area (Å²) >= 11 is 0. The minimum Gasteiger partial charge on any atom is -0.383 e. The fraction of sp³-hybridized carbons (Fsp3) is 0.364. The molecule has 1 aliphatic rings. The van der Waals surface area contributed by atoms with E-state index >= 15 is 0 Å². The van der Waals surface area contributed by atoms with Gasteiger partial charge in [0.2, 0.25) is 5.91 Å². The number of nitro benzene ring substituents is 1. The van der Waals surface area contributed by atoms with Crippen LogP contribution in [0.25, 0.3) is 0 Å². The molecule has 0 aromatic heterocycles. The summed E-state index contributed by atoms with van der Waals surface area (Å²) in [6, 6.07) is 6.44. The Bertz CT molecular complexity index is 447. The second-order valence-electron chi connectivity index (χ2n) is 3.99. The summed E-state index contributed by atoms with van der Waals surface area (Å²) in [4.78, 5) is 21.1. The number of nitrogens with one attached hydrogen (secondary N) is 2. The molecule has 1 heterocycles. The van der Waals surface area contributed by atoms with Crippen molar-refractivity contribution in [3.05, 3.63) is 34.4 Å². The highest BCUT2D eigenvalue weighted by Gasteiger charge is 2.20. The Balaban J connectivity index is 1.92. The quantitative estimate of drug-likeness (QED) is 0.608. The smallest absolute Gasteiger partial charge is 0.271 e. The highest BCUT2D eigenvalue weighted by atomic mass is 16.6. The van der Waals surface area contributed by atoms with Gasteiger partial charge in [0.05, 0.1) is 4.92 Å². The van der Waals surface area contributed by atoms with Crippen LogP contribution in [0.1, 0.15) is 12.8 Å². The lowest BCUT2D eigenvalue weighted by molar-refractivity contribution is -0.384. The average Bonchev–Trinajstić information content (AvgIpc) is 2.73. The highest BCUT2D eigenvalue weighted by molar-refractivity contribution is 5.78. The van der Waals surface area contributed by atoms with E-state index in [2.05, 4.69) is 10.6 Å². The summed E-state index contributed by atoms with van der Waals surface area (Å²) < 4.78 is 0. The van der Waals surface area contributed by atoms with Gasteiger partial charge in [-0.3, -0.25) is 14.9 Å². The van der Waals surface area contributed by atoms with E-state index in [4.69, 9.17) is 0 Å². The maximum Gasteiger partial charge on any atom is 0.271 e. The molecule has 1 amide bonds. The summed E-state index contributed by atoms with van der Waals surface area (Å²) in [5.74, 6) is 0.0656. The monoisotopic (exact) mass is 235 g/mol. The summed E-state index contributed by atoms with van der Waals surface area (Å²) in [6.45, 7) is 0.590. The van der Waals surface area contributed by atoms with E-state index in [1.165, 1.54) is 12.1 Å². The first kappa shape index (κ1) is 11.4. The van der Waals surface area contributed by atoms with Crippen molar-refractivity contribution < 1.29 is 9.72 Å². The van der Waals surface area contributed by atoms with Gasteiger partial charge in [-0.2, -0.15) is 0 Å². The summed E-state index contributed by atoms with van der Waals surface area (Å²) in [5.41, 5.74) is 0.755. The van der Waals surface area contributed by atoms with E-state index in [0.717, 1.165) is 6.42 Å². The van der Waals surface area contributed by atoms with Gasteiger partial charge in [-0.05, 0) is 12.5 Å². The van der Waals surface area contributed by atoms with Crippen LogP contribution in [0.5, 0.6) is 0 Å². The first-order chi connectivity index (χ1) is 8.15. The Morgan fingerprint density at radius 3 is 3.00 bits per heavy atom. The number of nitrogens with zero attached hydrogens (tertiary/aromatic N) is 1. The number of carbonyl (C=O) groups is 1. The van der Waals surface area contributed by atoms with Crippen LogP contribution in [0.4, 0.5) is 11.4 Å². The molecule has 1 unspecified atom stereocenters. The number of non-ortho nitro benzene ring substituents is 1. The van der Waals surface area contributed by atoms with Crippen LogP contribution in [0.3, 0.4) is 0 Å². The number of amides is 1. The van der Waals surface area contributed by atoms with Gasteiger partial charge < -0.3 is 10.6 Å². The molecule has 2 N–H and O–H groups in total. The third-order valence-corrected chi connectivity index (χ3v) is 2.69. The van der Waals surface area contributed by atoms with Crippen molar-refractivity contribution >= 4 is 17.3 Å². The lowest BCUT2D eigenvalue weighted by Gasteiger charge is -2.12. The molecule has 1 aromatic carbocycles. The highest BCUT2D eigenvalue weighted by Crippen LogP contribution is 2.17. The number of hydrogen-bond donors (Lipinski definition) is 2. The Labute approximate surface area is 98.2 Å². The van der Waals surface area contributed by atoms with Gasteiger partial charge in [-0.1, -0.05) is 6.07 Å². The van der Waals surface area contributed by atoms with Crippen molar-refractivity contribution in [1.82, 2.24) is 5.32 Å². The number of rotatable bonds is 4. The maximum atomic E-state index is 11.0. The normalized spacial score (nSPS) is 18.8. The van der Waals surface area contributed by atoms with Crippen LogP contribution in [0, 0.1) is 10.1 Å². The van der Waals surface area contributed by atoms with Gasteiger partial charge in [-0.25, -0.2) is 0 Å². The zero-order valence-electron chi connectivity index (χ0n) is 9.18. The molecule has 0 radical (unpaired) electrons. The standard InChI is InChI=1S/C11H13N3O3/c15-11-5-4-9(13-11)7-12-8-2-1-3-10(6-8)14(16)17/h1-3,6,9,12H,4-5,7H2,(H,13,15). The van der Waals surface area contributed by atoms with Crippen LogP contribution < -0.4 is 10.6 Å². The Kier molecular flexibility index (Phi) is 3.22. The van der Waals surface area contributed by atoms with Crippen molar-refractivity contribution in [3.63, 3.8) is 0 Å². The van der Waals surface area contributed by atoms with Crippen molar-refractivity contribution in [2.45, 2.75) is 18.9 Å². The molecule has 90 valence electrons. The summed E-state index contributed by atoms with van der Waals surface area (Å²) in [5, 5.41) is 16.5. The number of anilines is 1. The Morgan fingerprint density at radius 2 is 2.35 bits per heavy atom. The second-order valence-corrected chi connectivity index (χ2v) is 3.99. The van der Waals surface area contributed by atoms with Crippen LogP contribution >= 0.6 is 0 Å². The molecular formula is C11H13N3O3. The molecule has 0 aliphatic carbocycles. The van der Waals surface area contributed by atoms with Crippen LogP contribution in [0.15, 0.2) is 24.3 Å². The van der Waals surface area contributed by atoms with E-state index in [9.17, 15) is 14.9 Å². The predicted molar refractivity (Wildman–Crippen MR) is 62.8 cm³/mol. The largest absolute Gasteiger partial charge is 0.383 e.